The van der Waals surface area contributed by atoms with Crippen LogP contribution in [0.3, 0.4) is 0 Å². The predicted octanol–water partition coefficient (Wildman–Crippen LogP) is 5.76. The lowest BCUT2D eigenvalue weighted by Gasteiger charge is -2.13. The predicted molar refractivity (Wildman–Crippen MR) is 119 cm³/mol. The van der Waals surface area contributed by atoms with Crippen molar-refractivity contribution in [3.8, 4) is 0 Å². The van der Waals surface area contributed by atoms with Crippen LogP contribution in [-0.2, 0) is 0 Å². The van der Waals surface area contributed by atoms with Gasteiger partial charge in [0.1, 0.15) is 5.15 Å². The molecular weight excluding hydrogens is 424 g/mol. The number of hydrogen-bond acceptors (Lipinski definition) is 8. The number of para-hydroxylation sites is 2. The third-order valence-corrected chi connectivity index (χ3v) is 5.03. The number of anilines is 3. The van der Waals surface area contributed by atoms with Crippen LogP contribution >= 0.6 is 23.5 Å². The van der Waals surface area contributed by atoms with Gasteiger partial charge in [0.2, 0.25) is 0 Å². The molecule has 0 saturated heterocycles. The minimum absolute atomic E-state index is 0.0200. The topological polar surface area (TPSA) is 106 Å². The first-order valence-electron chi connectivity index (χ1n) is 8.83. The highest BCUT2D eigenvalue weighted by molar-refractivity contribution is 8.00. The number of nitrogens with zero attached hydrogens (tertiary/aromatic N) is 4. The van der Waals surface area contributed by atoms with Gasteiger partial charge in [-0.2, -0.15) is 0 Å². The summed E-state index contributed by atoms with van der Waals surface area (Å²) >= 11 is 7.28. The number of benzene rings is 2. The van der Waals surface area contributed by atoms with Crippen LogP contribution in [0.15, 0.2) is 65.6 Å². The minimum Gasteiger partial charge on any atom is -0.337 e. The summed E-state index contributed by atoms with van der Waals surface area (Å²) in [7, 11) is 0. The maximum absolute atomic E-state index is 11.0. The Bertz CT molecular complexity index is 1230. The number of non-ortho nitro benzene ring substituents is 1. The number of nitrogens with one attached hydrogen (secondary N) is 2. The Morgan fingerprint density at radius 3 is 2.40 bits per heavy atom. The smallest absolute Gasteiger partial charge is 0.270 e. The van der Waals surface area contributed by atoms with E-state index in [1.165, 1.54) is 24.1 Å². The van der Waals surface area contributed by atoms with Gasteiger partial charge >= 0.3 is 0 Å². The van der Waals surface area contributed by atoms with Crippen molar-refractivity contribution in [3.05, 3.63) is 81.6 Å². The van der Waals surface area contributed by atoms with E-state index in [1.807, 2.05) is 37.3 Å². The molecule has 0 spiro atoms. The molecule has 0 saturated carbocycles. The molecule has 0 bridgehead atoms. The summed E-state index contributed by atoms with van der Waals surface area (Å²) in [5.41, 5.74) is 2.95. The van der Waals surface area contributed by atoms with E-state index in [-0.39, 0.29) is 5.69 Å². The monoisotopic (exact) mass is 438 g/mol. The van der Waals surface area contributed by atoms with Crippen molar-refractivity contribution < 1.29 is 4.92 Å². The molecule has 4 rings (SSSR count). The molecule has 0 unspecified atom stereocenters. The van der Waals surface area contributed by atoms with Crippen molar-refractivity contribution in [2.24, 2.45) is 0 Å². The van der Waals surface area contributed by atoms with E-state index in [9.17, 15) is 10.1 Å². The van der Waals surface area contributed by atoms with Crippen LogP contribution in [0.1, 0.15) is 5.69 Å². The highest BCUT2D eigenvalue weighted by atomic mass is 35.5. The Hall–Kier alpha value is -3.43. The van der Waals surface area contributed by atoms with Crippen molar-refractivity contribution >= 4 is 57.6 Å². The molecule has 2 aromatic carbocycles. The molecule has 4 aromatic rings. The molecule has 2 N–H and O–H groups in total. The second kappa shape index (κ2) is 8.52. The van der Waals surface area contributed by atoms with Gasteiger partial charge in [0, 0.05) is 28.4 Å². The lowest BCUT2D eigenvalue weighted by atomic mass is 10.3. The van der Waals surface area contributed by atoms with Crippen LogP contribution in [0.25, 0.3) is 11.0 Å². The van der Waals surface area contributed by atoms with Crippen LogP contribution in [0.2, 0.25) is 5.15 Å². The third-order valence-electron chi connectivity index (χ3n) is 4.05. The summed E-state index contributed by atoms with van der Waals surface area (Å²) in [4.78, 5) is 24.7. The largest absolute Gasteiger partial charge is 0.337 e. The van der Waals surface area contributed by atoms with Gasteiger partial charge in [-0.05, 0) is 49.2 Å². The van der Waals surface area contributed by atoms with E-state index in [4.69, 9.17) is 11.6 Å². The molecule has 0 atom stereocenters. The first-order valence-corrected chi connectivity index (χ1v) is 10.0. The second-order valence-electron chi connectivity index (χ2n) is 6.31. The van der Waals surface area contributed by atoms with Gasteiger partial charge in [-0.15, -0.1) is 0 Å². The molecular formula is C20H15ClN6O2S. The Labute approximate surface area is 181 Å². The molecule has 0 amide bonds. The normalized spacial score (nSPS) is 10.7. The maximum Gasteiger partial charge on any atom is 0.270 e. The van der Waals surface area contributed by atoms with Crippen LogP contribution in [-0.4, -0.2) is 19.9 Å². The van der Waals surface area contributed by atoms with Crippen LogP contribution < -0.4 is 10.0 Å². The number of nitro benzene ring substituents is 1. The van der Waals surface area contributed by atoms with Gasteiger partial charge in [-0.25, -0.2) is 15.0 Å². The lowest BCUT2D eigenvalue weighted by molar-refractivity contribution is -0.385. The molecule has 2 heterocycles. The molecule has 30 heavy (non-hydrogen) atoms. The Morgan fingerprint density at radius 1 is 0.967 bits per heavy atom. The summed E-state index contributed by atoms with van der Waals surface area (Å²) in [5, 5.41) is 14.6. The van der Waals surface area contributed by atoms with E-state index in [0.29, 0.717) is 27.2 Å². The Balaban J connectivity index is 1.67. The van der Waals surface area contributed by atoms with Gasteiger partial charge in [-0.3, -0.25) is 10.1 Å². The fourth-order valence-corrected chi connectivity index (χ4v) is 3.70. The van der Waals surface area contributed by atoms with Gasteiger partial charge in [-0.1, -0.05) is 29.8 Å². The molecule has 0 aliphatic carbocycles. The molecule has 2 aromatic heterocycles. The fraction of sp³-hybridized carbons (Fsp3) is 0.0500. The zero-order valence-corrected chi connectivity index (χ0v) is 17.2. The van der Waals surface area contributed by atoms with E-state index in [2.05, 4.69) is 25.0 Å². The van der Waals surface area contributed by atoms with Gasteiger partial charge in [0.15, 0.2) is 11.6 Å². The van der Waals surface area contributed by atoms with Gasteiger partial charge < -0.3 is 10.0 Å². The quantitative estimate of drug-likeness (QED) is 0.169. The second-order valence-corrected chi connectivity index (χ2v) is 7.58. The molecule has 0 fully saturated rings. The third kappa shape index (κ3) is 4.58. The van der Waals surface area contributed by atoms with Crippen LogP contribution in [0.5, 0.6) is 0 Å². The first-order chi connectivity index (χ1) is 14.5. The van der Waals surface area contributed by atoms with Gasteiger partial charge in [0.05, 0.1) is 16.0 Å². The first kappa shape index (κ1) is 19.9. The summed E-state index contributed by atoms with van der Waals surface area (Å²) in [6, 6.07) is 17.4. The average Bonchev–Trinajstić information content (AvgIpc) is 2.71. The molecule has 0 aliphatic rings. The molecule has 150 valence electrons. The molecule has 8 nitrogen and oxygen atoms in total. The summed E-state index contributed by atoms with van der Waals surface area (Å²) in [6.07, 6.45) is 0. The zero-order valence-electron chi connectivity index (χ0n) is 15.7. The Morgan fingerprint density at radius 2 is 1.70 bits per heavy atom. The molecule has 0 aliphatic heterocycles. The van der Waals surface area contributed by atoms with E-state index in [1.54, 1.807) is 18.2 Å². The van der Waals surface area contributed by atoms with Crippen molar-refractivity contribution in [1.82, 2.24) is 15.0 Å². The van der Waals surface area contributed by atoms with E-state index < -0.39 is 4.92 Å². The van der Waals surface area contributed by atoms with Crippen LogP contribution in [0, 0.1) is 17.0 Å². The maximum atomic E-state index is 11.0. The number of rotatable bonds is 6. The summed E-state index contributed by atoms with van der Waals surface area (Å²) in [6.45, 7) is 1.85. The number of nitro groups is 1. The van der Waals surface area contributed by atoms with E-state index in [0.717, 1.165) is 16.9 Å². The summed E-state index contributed by atoms with van der Waals surface area (Å²) < 4.78 is 3.15. The number of fused-ring (bicyclic) bond motifs is 1. The average molecular weight is 439 g/mol. The number of halogens is 1. The number of hydrogen-bond donors (Lipinski definition) is 2. The standard InChI is InChI=1S/C20H15ClN6O2S/c1-12-9-13(10-18(21)22-12)23-19-20(25-17-8-3-2-7-16(17)24-19)26-30-15-6-4-5-14(11-15)27(28)29/h2-11H,1H3,(H,25,26)(H,22,23,24). The minimum atomic E-state index is -0.428. The molecule has 0 radical (unpaired) electrons. The Kier molecular flexibility index (Phi) is 5.64. The van der Waals surface area contributed by atoms with Crippen LogP contribution in [0.4, 0.5) is 23.0 Å². The van der Waals surface area contributed by atoms with Gasteiger partial charge in [0.25, 0.3) is 5.69 Å². The lowest BCUT2D eigenvalue weighted by Crippen LogP contribution is -2.03. The fourth-order valence-electron chi connectivity index (χ4n) is 2.76. The SMILES string of the molecule is Cc1cc(Nc2nc3ccccc3nc2NSc2cccc([N+](=O)[O-])c2)cc(Cl)n1. The highest BCUT2D eigenvalue weighted by Gasteiger charge is 2.12. The molecule has 10 heteroatoms. The number of aryl methyl sites for hydroxylation is 1. The summed E-state index contributed by atoms with van der Waals surface area (Å²) in [5.74, 6) is 0.976. The number of aromatic nitrogens is 3. The van der Waals surface area contributed by atoms with Crippen molar-refractivity contribution in [3.63, 3.8) is 0 Å². The highest BCUT2D eigenvalue weighted by Crippen LogP contribution is 2.30. The number of pyridine rings is 1. The zero-order chi connectivity index (χ0) is 21.1. The van der Waals surface area contributed by atoms with Crippen molar-refractivity contribution in [2.75, 3.05) is 10.0 Å². The van der Waals surface area contributed by atoms with Crippen molar-refractivity contribution in [2.45, 2.75) is 11.8 Å². The van der Waals surface area contributed by atoms with E-state index >= 15 is 0 Å². The van der Waals surface area contributed by atoms with Crippen molar-refractivity contribution in [1.29, 1.82) is 0 Å².